The fourth-order valence-electron chi connectivity index (χ4n) is 1.83. The van der Waals surface area contributed by atoms with Gasteiger partial charge in [0.05, 0.1) is 16.8 Å². The molecule has 2 aromatic heterocycles. The van der Waals surface area contributed by atoms with Gasteiger partial charge in [0.1, 0.15) is 4.33 Å². The van der Waals surface area contributed by atoms with Crippen molar-refractivity contribution in [3.63, 3.8) is 0 Å². The van der Waals surface area contributed by atoms with Crippen molar-refractivity contribution in [2.45, 2.75) is 17.7 Å². The van der Waals surface area contributed by atoms with Gasteiger partial charge in [-0.05, 0) is 25.5 Å². The van der Waals surface area contributed by atoms with Gasteiger partial charge in [-0.25, -0.2) is 4.98 Å². The van der Waals surface area contributed by atoms with Crippen LogP contribution in [0.2, 0.25) is 0 Å². The van der Waals surface area contributed by atoms with Gasteiger partial charge >= 0.3 is 0 Å². The van der Waals surface area contributed by atoms with Crippen LogP contribution >= 0.6 is 34.5 Å². The zero-order valence-electron chi connectivity index (χ0n) is 10.0. The van der Waals surface area contributed by atoms with Crippen LogP contribution in [0.3, 0.4) is 0 Å². The number of alkyl halides is 2. The van der Waals surface area contributed by atoms with E-state index in [2.05, 4.69) is 15.3 Å². The van der Waals surface area contributed by atoms with Crippen molar-refractivity contribution in [3.05, 3.63) is 23.7 Å². The molecule has 0 radical (unpaired) electrons. The predicted molar refractivity (Wildman–Crippen MR) is 77.7 cm³/mol. The molecule has 1 saturated carbocycles. The molecule has 0 aromatic carbocycles. The molecule has 2 heterocycles. The van der Waals surface area contributed by atoms with Gasteiger partial charge in [-0.3, -0.25) is 4.79 Å². The van der Waals surface area contributed by atoms with E-state index in [0.717, 1.165) is 11.4 Å². The van der Waals surface area contributed by atoms with E-state index in [1.807, 2.05) is 23.7 Å². The number of aromatic amines is 1. The van der Waals surface area contributed by atoms with Crippen molar-refractivity contribution < 1.29 is 4.79 Å². The zero-order valence-corrected chi connectivity index (χ0v) is 12.4. The van der Waals surface area contributed by atoms with E-state index >= 15 is 0 Å². The molecule has 2 aromatic rings. The summed E-state index contributed by atoms with van der Waals surface area (Å²) in [5.74, 6) is -0.190. The number of aromatic nitrogens is 2. The minimum atomic E-state index is -0.962. The Hall–Kier alpha value is -1.04. The third-order valence-electron chi connectivity index (χ3n) is 3.36. The molecular formula is C12H11Cl2N3OS. The summed E-state index contributed by atoms with van der Waals surface area (Å²) >= 11 is 13.3. The van der Waals surface area contributed by atoms with Crippen LogP contribution in [0.1, 0.15) is 13.3 Å². The molecule has 1 amide bonds. The van der Waals surface area contributed by atoms with Crippen molar-refractivity contribution in [2.75, 3.05) is 5.32 Å². The zero-order chi connectivity index (χ0) is 13.7. The van der Waals surface area contributed by atoms with E-state index in [4.69, 9.17) is 23.2 Å². The summed E-state index contributed by atoms with van der Waals surface area (Å²) < 4.78 is -0.962. The quantitative estimate of drug-likeness (QED) is 0.849. The molecule has 3 rings (SSSR count). The van der Waals surface area contributed by atoms with Gasteiger partial charge < -0.3 is 10.3 Å². The lowest BCUT2D eigenvalue weighted by Gasteiger charge is -2.10. The lowest BCUT2D eigenvalue weighted by Crippen LogP contribution is -2.25. The van der Waals surface area contributed by atoms with Crippen LogP contribution in [-0.2, 0) is 4.79 Å². The van der Waals surface area contributed by atoms with Gasteiger partial charge in [0.2, 0.25) is 5.91 Å². The molecule has 0 spiro atoms. The number of thiazole rings is 1. The van der Waals surface area contributed by atoms with E-state index in [1.54, 1.807) is 6.92 Å². The van der Waals surface area contributed by atoms with E-state index in [-0.39, 0.29) is 5.91 Å². The first kappa shape index (κ1) is 13.0. The molecular weight excluding hydrogens is 305 g/mol. The summed E-state index contributed by atoms with van der Waals surface area (Å²) in [6.07, 6.45) is 2.29. The molecule has 19 heavy (non-hydrogen) atoms. The number of hydrogen-bond acceptors (Lipinski definition) is 3. The summed E-state index contributed by atoms with van der Waals surface area (Å²) in [5, 5.41) is 5.20. The molecule has 1 aliphatic rings. The highest BCUT2D eigenvalue weighted by atomic mass is 35.5. The SMILES string of the molecule is C[C@@]1(C(=O)Nc2nc(-c3ccc[nH]3)cs2)CC1(Cl)Cl. The van der Waals surface area contributed by atoms with Gasteiger partial charge in [0, 0.05) is 11.6 Å². The van der Waals surface area contributed by atoms with Gasteiger partial charge in [-0.15, -0.1) is 34.5 Å². The third-order valence-corrected chi connectivity index (χ3v) is 5.22. The van der Waals surface area contributed by atoms with Gasteiger partial charge in [-0.2, -0.15) is 0 Å². The van der Waals surface area contributed by atoms with Crippen molar-refractivity contribution in [2.24, 2.45) is 5.41 Å². The lowest BCUT2D eigenvalue weighted by molar-refractivity contribution is -0.120. The van der Waals surface area contributed by atoms with Gasteiger partial charge in [-0.1, -0.05) is 0 Å². The van der Waals surface area contributed by atoms with Crippen LogP contribution in [0.4, 0.5) is 5.13 Å². The maximum absolute atomic E-state index is 12.1. The fraction of sp³-hybridized carbons (Fsp3) is 0.333. The predicted octanol–water partition coefficient (Wildman–Crippen LogP) is 3.66. The highest BCUT2D eigenvalue weighted by molar-refractivity contribution is 7.14. The second-order valence-electron chi connectivity index (χ2n) is 4.79. The number of H-pyrrole nitrogens is 1. The molecule has 1 aliphatic carbocycles. The Labute approximate surface area is 124 Å². The van der Waals surface area contributed by atoms with Crippen LogP contribution < -0.4 is 5.32 Å². The summed E-state index contributed by atoms with van der Waals surface area (Å²) in [7, 11) is 0. The molecule has 0 unspecified atom stereocenters. The largest absolute Gasteiger partial charge is 0.360 e. The van der Waals surface area contributed by atoms with Crippen LogP contribution in [0, 0.1) is 5.41 Å². The topological polar surface area (TPSA) is 57.8 Å². The molecule has 4 nitrogen and oxygen atoms in total. The van der Waals surface area contributed by atoms with E-state index in [1.165, 1.54) is 11.3 Å². The second kappa shape index (κ2) is 4.23. The smallest absolute Gasteiger partial charge is 0.235 e. The fourth-order valence-corrected chi connectivity index (χ4v) is 3.24. The number of carbonyl (C=O) groups is 1. The minimum Gasteiger partial charge on any atom is -0.360 e. The Kier molecular flexibility index (Phi) is 2.89. The number of rotatable bonds is 3. The number of amides is 1. The first-order chi connectivity index (χ1) is 8.92. The Morgan fingerprint density at radius 3 is 2.89 bits per heavy atom. The first-order valence-corrected chi connectivity index (χ1v) is 7.34. The number of nitrogens with zero attached hydrogens (tertiary/aromatic N) is 1. The average Bonchev–Trinajstić information content (AvgIpc) is 2.83. The molecule has 0 bridgehead atoms. The highest BCUT2D eigenvalue weighted by Gasteiger charge is 2.68. The maximum Gasteiger partial charge on any atom is 0.235 e. The van der Waals surface area contributed by atoms with Gasteiger partial charge in [0.25, 0.3) is 0 Å². The number of hydrogen-bond donors (Lipinski definition) is 2. The van der Waals surface area contributed by atoms with Crippen molar-refractivity contribution in [3.8, 4) is 11.4 Å². The van der Waals surface area contributed by atoms with E-state index < -0.39 is 9.75 Å². The summed E-state index contributed by atoms with van der Waals surface area (Å²) in [4.78, 5) is 19.5. The van der Waals surface area contributed by atoms with Crippen LogP contribution in [-0.4, -0.2) is 20.2 Å². The standard InChI is InChI=1S/C12H11Cl2N3OS/c1-11(6-12(11,13)14)9(18)17-10-16-8(5-19-10)7-3-2-4-15-7/h2-5,15H,6H2,1H3,(H,16,17,18)/t11-/m0/s1. The summed E-state index contributed by atoms with van der Waals surface area (Å²) in [6, 6.07) is 3.82. The maximum atomic E-state index is 12.1. The first-order valence-electron chi connectivity index (χ1n) is 5.71. The minimum absolute atomic E-state index is 0.190. The van der Waals surface area contributed by atoms with E-state index in [0.29, 0.717) is 11.6 Å². The Bertz CT molecular complexity index is 623. The van der Waals surface area contributed by atoms with Crippen molar-refractivity contribution >= 4 is 45.6 Å². The van der Waals surface area contributed by atoms with Crippen LogP contribution in [0.15, 0.2) is 23.7 Å². The Morgan fingerprint density at radius 2 is 2.32 bits per heavy atom. The molecule has 1 atom stereocenters. The van der Waals surface area contributed by atoms with Crippen LogP contribution in [0.25, 0.3) is 11.4 Å². The van der Waals surface area contributed by atoms with Gasteiger partial charge in [0.15, 0.2) is 5.13 Å². The number of anilines is 1. The molecule has 0 aliphatic heterocycles. The monoisotopic (exact) mass is 315 g/mol. The normalized spacial score (nSPS) is 24.2. The van der Waals surface area contributed by atoms with Crippen LogP contribution in [0.5, 0.6) is 0 Å². The molecule has 2 N–H and O–H groups in total. The molecule has 1 fully saturated rings. The van der Waals surface area contributed by atoms with E-state index in [9.17, 15) is 4.79 Å². The average molecular weight is 316 g/mol. The Morgan fingerprint density at radius 1 is 1.58 bits per heavy atom. The summed E-state index contributed by atoms with van der Waals surface area (Å²) in [6.45, 7) is 1.75. The lowest BCUT2D eigenvalue weighted by atomic mass is 10.1. The van der Waals surface area contributed by atoms with Crippen molar-refractivity contribution in [1.29, 1.82) is 0 Å². The van der Waals surface area contributed by atoms with Crippen molar-refractivity contribution in [1.82, 2.24) is 9.97 Å². The number of halogens is 2. The summed E-state index contributed by atoms with van der Waals surface area (Å²) in [5.41, 5.74) is 0.988. The number of carbonyl (C=O) groups excluding carboxylic acids is 1. The highest BCUT2D eigenvalue weighted by Crippen LogP contribution is 2.64. The number of nitrogens with one attached hydrogen (secondary N) is 2. The Balaban J connectivity index is 1.73. The third kappa shape index (κ3) is 2.16. The molecule has 0 saturated heterocycles. The second-order valence-corrected chi connectivity index (χ2v) is 7.13. The molecule has 100 valence electrons. The molecule has 7 heteroatoms.